The van der Waals surface area contributed by atoms with Gasteiger partial charge in [0.05, 0.1) is 7.11 Å². The van der Waals surface area contributed by atoms with Crippen LogP contribution in [0, 0.1) is 5.92 Å². The first kappa shape index (κ1) is 14.9. The molecule has 0 saturated heterocycles. The minimum atomic E-state index is -0.585. The van der Waals surface area contributed by atoms with Crippen molar-refractivity contribution in [3.63, 3.8) is 0 Å². The highest BCUT2D eigenvalue weighted by molar-refractivity contribution is 5.84. The Bertz CT molecular complexity index is 228. The van der Waals surface area contributed by atoms with Gasteiger partial charge in [-0.3, -0.25) is 4.79 Å². The molecule has 0 rings (SSSR count). The van der Waals surface area contributed by atoms with Gasteiger partial charge < -0.3 is 14.8 Å². The lowest BCUT2D eigenvalue weighted by Gasteiger charge is -2.18. The standard InChI is InChI=1S/C11H21NO4/c1-5-16-7-10(13)12-9(6-8(2)3)11(14)15-4/h8-9H,5-7H2,1-4H3,(H,12,13). The number of hydrogen-bond donors (Lipinski definition) is 1. The molecule has 0 bridgehead atoms. The third-order valence-corrected chi connectivity index (χ3v) is 1.97. The van der Waals surface area contributed by atoms with Crippen molar-refractivity contribution >= 4 is 11.9 Å². The number of nitrogens with one attached hydrogen (secondary N) is 1. The van der Waals surface area contributed by atoms with Crippen molar-refractivity contribution in [1.29, 1.82) is 0 Å². The molecule has 1 atom stereocenters. The Labute approximate surface area is 96.5 Å². The number of amides is 1. The number of esters is 1. The molecule has 0 aliphatic rings. The van der Waals surface area contributed by atoms with Crippen LogP contribution in [-0.2, 0) is 19.1 Å². The SMILES string of the molecule is CCOCC(=O)NC(CC(C)C)C(=O)OC. The van der Waals surface area contributed by atoms with Crippen LogP contribution in [-0.4, -0.2) is 38.2 Å². The zero-order valence-corrected chi connectivity index (χ0v) is 10.4. The molecule has 1 amide bonds. The highest BCUT2D eigenvalue weighted by Crippen LogP contribution is 2.06. The topological polar surface area (TPSA) is 64.6 Å². The van der Waals surface area contributed by atoms with Crippen LogP contribution < -0.4 is 5.32 Å². The molecule has 0 aliphatic carbocycles. The van der Waals surface area contributed by atoms with Gasteiger partial charge in [-0.25, -0.2) is 4.79 Å². The van der Waals surface area contributed by atoms with Crippen LogP contribution >= 0.6 is 0 Å². The Balaban J connectivity index is 4.19. The van der Waals surface area contributed by atoms with Gasteiger partial charge in [-0.1, -0.05) is 13.8 Å². The second kappa shape index (κ2) is 8.10. The minimum absolute atomic E-state index is 0.0257. The fraction of sp³-hybridized carbons (Fsp3) is 0.818. The van der Waals surface area contributed by atoms with Gasteiger partial charge in [0.25, 0.3) is 0 Å². The molecule has 5 heteroatoms. The van der Waals surface area contributed by atoms with Gasteiger partial charge in [0.1, 0.15) is 12.6 Å². The number of rotatable bonds is 7. The number of methoxy groups -OCH3 is 1. The maximum absolute atomic E-state index is 11.4. The van der Waals surface area contributed by atoms with Crippen LogP contribution in [0.2, 0.25) is 0 Å². The molecule has 1 N–H and O–H groups in total. The van der Waals surface area contributed by atoms with Crippen LogP contribution in [0.5, 0.6) is 0 Å². The van der Waals surface area contributed by atoms with E-state index in [1.807, 2.05) is 13.8 Å². The van der Waals surface area contributed by atoms with Gasteiger partial charge in [-0.2, -0.15) is 0 Å². The summed E-state index contributed by atoms with van der Waals surface area (Å²) in [5.41, 5.74) is 0. The predicted octanol–water partition coefficient (Wildman–Crippen LogP) is 0.727. The van der Waals surface area contributed by atoms with E-state index in [4.69, 9.17) is 4.74 Å². The zero-order valence-electron chi connectivity index (χ0n) is 10.4. The molecule has 0 aromatic heterocycles. The van der Waals surface area contributed by atoms with Crippen LogP contribution in [0.3, 0.4) is 0 Å². The van der Waals surface area contributed by atoms with Crippen molar-refractivity contribution in [1.82, 2.24) is 5.32 Å². The Morgan fingerprint density at radius 1 is 1.31 bits per heavy atom. The van der Waals surface area contributed by atoms with Gasteiger partial charge in [-0.05, 0) is 19.3 Å². The Kier molecular flexibility index (Phi) is 7.54. The lowest BCUT2D eigenvalue weighted by molar-refractivity contribution is -0.146. The van der Waals surface area contributed by atoms with E-state index in [1.54, 1.807) is 6.92 Å². The predicted molar refractivity (Wildman–Crippen MR) is 59.9 cm³/mol. The van der Waals surface area contributed by atoms with E-state index in [0.717, 1.165) is 0 Å². The molecule has 94 valence electrons. The molecule has 16 heavy (non-hydrogen) atoms. The molecule has 1 unspecified atom stereocenters. The van der Waals surface area contributed by atoms with E-state index in [-0.39, 0.29) is 12.5 Å². The fourth-order valence-electron chi connectivity index (χ4n) is 1.26. The Morgan fingerprint density at radius 2 is 1.94 bits per heavy atom. The third-order valence-electron chi connectivity index (χ3n) is 1.97. The molecule has 0 spiro atoms. The average Bonchev–Trinajstić information content (AvgIpc) is 2.23. The summed E-state index contributed by atoms with van der Waals surface area (Å²) in [6.45, 7) is 6.21. The molecule has 0 aromatic carbocycles. The van der Waals surface area contributed by atoms with Gasteiger partial charge in [0.15, 0.2) is 0 Å². The van der Waals surface area contributed by atoms with E-state index in [2.05, 4.69) is 10.1 Å². The van der Waals surface area contributed by atoms with E-state index in [9.17, 15) is 9.59 Å². The molecule has 0 radical (unpaired) electrons. The number of ether oxygens (including phenoxy) is 2. The first-order valence-corrected chi connectivity index (χ1v) is 5.46. The second-order valence-corrected chi connectivity index (χ2v) is 3.91. The zero-order chi connectivity index (χ0) is 12.6. The maximum atomic E-state index is 11.4. The van der Waals surface area contributed by atoms with Crippen molar-refractivity contribution in [2.75, 3.05) is 20.3 Å². The lowest BCUT2D eigenvalue weighted by Crippen LogP contribution is -2.43. The van der Waals surface area contributed by atoms with Crippen LogP contribution in [0.25, 0.3) is 0 Å². The summed E-state index contributed by atoms with van der Waals surface area (Å²) in [7, 11) is 1.31. The summed E-state index contributed by atoms with van der Waals surface area (Å²) >= 11 is 0. The Morgan fingerprint density at radius 3 is 2.38 bits per heavy atom. The fourth-order valence-corrected chi connectivity index (χ4v) is 1.26. The van der Waals surface area contributed by atoms with Crippen molar-refractivity contribution < 1.29 is 19.1 Å². The number of carbonyl (C=O) groups excluding carboxylic acids is 2. The monoisotopic (exact) mass is 231 g/mol. The summed E-state index contributed by atoms with van der Waals surface area (Å²) in [4.78, 5) is 22.7. The van der Waals surface area contributed by atoms with E-state index < -0.39 is 12.0 Å². The van der Waals surface area contributed by atoms with Gasteiger partial charge in [0.2, 0.25) is 5.91 Å². The van der Waals surface area contributed by atoms with E-state index in [0.29, 0.717) is 18.9 Å². The summed E-state index contributed by atoms with van der Waals surface area (Å²) in [6.07, 6.45) is 0.560. The average molecular weight is 231 g/mol. The lowest BCUT2D eigenvalue weighted by atomic mass is 10.0. The first-order valence-electron chi connectivity index (χ1n) is 5.46. The van der Waals surface area contributed by atoms with Crippen molar-refractivity contribution in [3.05, 3.63) is 0 Å². The summed E-state index contributed by atoms with van der Waals surface area (Å²) in [5, 5.41) is 2.60. The van der Waals surface area contributed by atoms with E-state index >= 15 is 0 Å². The van der Waals surface area contributed by atoms with E-state index in [1.165, 1.54) is 7.11 Å². The second-order valence-electron chi connectivity index (χ2n) is 3.91. The smallest absolute Gasteiger partial charge is 0.328 e. The molecule has 5 nitrogen and oxygen atoms in total. The molecule has 0 aromatic rings. The minimum Gasteiger partial charge on any atom is -0.467 e. The van der Waals surface area contributed by atoms with Gasteiger partial charge >= 0.3 is 5.97 Å². The molecule has 0 saturated carbocycles. The summed E-state index contributed by atoms with van der Waals surface area (Å²) < 4.78 is 9.57. The van der Waals surface area contributed by atoms with Crippen LogP contribution in [0.1, 0.15) is 27.2 Å². The molecule has 0 aliphatic heterocycles. The third kappa shape index (κ3) is 6.40. The van der Waals surface area contributed by atoms with Crippen molar-refractivity contribution in [2.24, 2.45) is 5.92 Å². The summed E-state index contributed by atoms with van der Waals surface area (Å²) in [5.74, 6) is -0.409. The summed E-state index contributed by atoms with van der Waals surface area (Å²) in [6, 6.07) is -0.585. The highest BCUT2D eigenvalue weighted by Gasteiger charge is 2.22. The maximum Gasteiger partial charge on any atom is 0.328 e. The number of hydrogen-bond acceptors (Lipinski definition) is 4. The molecule has 0 heterocycles. The molecule has 0 fully saturated rings. The quantitative estimate of drug-likeness (QED) is 0.656. The largest absolute Gasteiger partial charge is 0.467 e. The van der Waals surface area contributed by atoms with Crippen LogP contribution in [0.15, 0.2) is 0 Å². The van der Waals surface area contributed by atoms with Crippen molar-refractivity contribution in [2.45, 2.75) is 33.2 Å². The first-order chi connectivity index (χ1) is 7.51. The van der Waals surface area contributed by atoms with Gasteiger partial charge in [-0.15, -0.1) is 0 Å². The highest BCUT2D eigenvalue weighted by atomic mass is 16.5. The molecular weight excluding hydrogens is 210 g/mol. The molecular formula is C11H21NO4. The number of carbonyl (C=O) groups is 2. The van der Waals surface area contributed by atoms with Gasteiger partial charge in [0, 0.05) is 6.61 Å². The van der Waals surface area contributed by atoms with Crippen molar-refractivity contribution in [3.8, 4) is 0 Å². The normalized spacial score (nSPS) is 12.3. The van der Waals surface area contributed by atoms with Crippen LogP contribution in [0.4, 0.5) is 0 Å². The Hall–Kier alpha value is -1.10.